The molecular formula is C22H26N2O4S2. The Morgan fingerprint density at radius 3 is 2.33 bits per heavy atom. The van der Waals surface area contributed by atoms with E-state index >= 15 is 0 Å². The molecule has 0 radical (unpaired) electrons. The van der Waals surface area contributed by atoms with Crippen LogP contribution in [0.5, 0.6) is 0 Å². The third kappa shape index (κ3) is 7.14. The van der Waals surface area contributed by atoms with Crippen molar-refractivity contribution in [3.05, 3.63) is 71.9 Å². The Hall–Kier alpha value is -2.39. The van der Waals surface area contributed by atoms with Crippen molar-refractivity contribution in [2.75, 3.05) is 31.4 Å². The average molecular weight is 447 g/mol. The highest BCUT2D eigenvalue weighted by Crippen LogP contribution is 2.19. The molecule has 30 heavy (non-hydrogen) atoms. The molecule has 2 aromatic carbocycles. The van der Waals surface area contributed by atoms with Gasteiger partial charge in [0, 0.05) is 37.2 Å². The monoisotopic (exact) mass is 446 g/mol. The Kier molecular flexibility index (Phi) is 8.86. The number of para-hydroxylation sites is 1. The summed E-state index contributed by atoms with van der Waals surface area (Å²) in [7, 11) is 0.569. The van der Waals surface area contributed by atoms with E-state index in [1.54, 1.807) is 0 Å². The maximum atomic E-state index is 9.22. The van der Waals surface area contributed by atoms with Crippen molar-refractivity contribution >= 4 is 51.8 Å². The van der Waals surface area contributed by atoms with Crippen molar-refractivity contribution in [3.63, 3.8) is 0 Å². The Bertz CT molecular complexity index is 1100. The molecule has 3 aromatic rings. The van der Waals surface area contributed by atoms with Gasteiger partial charge in [-0.2, -0.15) is 12.6 Å². The summed E-state index contributed by atoms with van der Waals surface area (Å²) in [4.78, 5) is 2.21. The van der Waals surface area contributed by atoms with Crippen LogP contribution in [0.4, 0.5) is 5.69 Å². The lowest BCUT2D eigenvalue weighted by molar-refractivity contribution is -0.644. The molecule has 0 aliphatic rings. The molecule has 160 valence electrons. The van der Waals surface area contributed by atoms with Gasteiger partial charge >= 0.3 is 0 Å². The summed E-state index contributed by atoms with van der Waals surface area (Å²) in [5.41, 5.74) is 4.90. The van der Waals surface area contributed by atoms with Gasteiger partial charge in [-0.05, 0) is 29.3 Å². The molecule has 8 heteroatoms. The predicted octanol–water partition coefficient (Wildman–Crippen LogP) is 3.29. The number of nitrogens with zero attached hydrogens (tertiary/aromatic N) is 2. The van der Waals surface area contributed by atoms with E-state index in [0.29, 0.717) is 0 Å². The zero-order valence-corrected chi connectivity index (χ0v) is 18.9. The van der Waals surface area contributed by atoms with Gasteiger partial charge in [0.15, 0.2) is 6.20 Å². The highest BCUT2D eigenvalue weighted by atomic mass is 32.3. The van der Waals surface area contributed by atoms with E-state index in [2.05, 4.69) is 113 Å². The summed E-state index contributed by atoms with van der Waals surface area (Å²) in [6.07, 6.45) is 6.47. The van der Waals surface area contributed by atoms with Crippen LogP contribution in [0.1, 0.15) is 11.1 Å². The number of hydrogen-bond acceptors (Lipinski definition) is 6. The topological polar surface area (TPSA) is 73.5 Å². The van der Waals surface area contributed by atoms with E-state index in [0.717, 1.165) is 19.4 Å². The van der Waals surface area contributed by atoms with Crippen LogP contribution in [0.2, 0.25) is 0 Å². The highest BCUT2D eigenvalue weighted by molar-refractivity contribution is 7.80. The summed E-state index contributed by atoms with van der Waals surface area (Å²) < 4.78 is 33.2. The van der Waals surface area contributed by atoms with E-state index in [1.807, 2.05) is 0 Å². The van der Waals surface area contributed by atoms with Gasteiger partial charge in [-0.3, -0.25) is 4.18 Å². The molecule has 0 aliphatic carbocycles. The number of hydrogen-bond donors (Lipinski definition) is 1. The maximum absolute atomic E-state index is 9.22. The van der Waals surface area contributed by atoms with Crippen LogP contribution in [0.15, 0.2) is 60.8 Å². The summed E-state index contributed by atoms with van der Waals surface area (Å²) in [5.74, 6) is 0.858. The van der Waals surface area contributed by atoms with Crippen LogP contribution in [-0.4, -0.2) is 39.4 Å². The lowest BCUT2D eigenvalue weighted by atomic mass is 10.1. The molecule has 0 N–H and O–H groups in total. The fourth-order valence-corrected chi connectivity index (χ4v) is 3.14. The van der Waals surface area contributed by atoms with Crippen molar-refractivity contribution in [2.45, 2.75) is 0 Å². The van der Waals surface area contributed by atoms with Crippen molar-refractivity contribution in [1.82, 2.24) is 0 Å². The van der Waals surface area contributed by atoms with E-state index in [1.165, 1.54) is 27.7 Å². The van der Waals surface area contributed by atoms with E-state index in [9.17, 15) is 13.0 Å². The fraction of sp³-hybridized carbons (Fsp3) is 0.227. The lowest BCUT2D eigenvalue weighted by Gasteiger charge is -2.17. The number of aryl methyl sites for hydroxylation is 1. The number of thiol groups is 1. The van der Waals surface area contributed by atoms with Crippen LogP contribution in [0.25, 0.3) is 23.1 Å². The van der Waals surface area contributed by atoms with Crippen molar-refractivity contribution < 1.29 is 21.7 Å². The molecule has 0 saturated carbocycles. The molecule has 1 heterocycles. The standard InChI is InChI=1S/C21H22N2S.CH4O4S/c1-22(15-16-24)19-11-8-17(9-12-19)7-10-18-13-14-23(2)21-6-4-3-5-20(18)21;1-5-6(2,3)4/h3-14H,15-16H2,1-2H3;1H3,(H,2,3,4). The third-order valence-electron chi connectivity index (χ3n) is 4.50. The van der Waals surface area contributed by atoms with Gasteiger partial charge in [0.1, 0.15) is 7.05 Å². The normalized spacial score (nSPS) is 11.4. The summed E-state index contributed by atoms with van der Waals surface area (Å²) in [6, 6.07) is 19.3. The first kappa shape index (κ1) is 23.9. The maximum Gasteiger partial charge on any atom is 0.217 e. The lowest BCUT2D eigenvalue weighted by Crippen LogP contribution is -2.28. The SMILES string of the molecule is CN(CCS)c1ccc(/C=C/c2cc[n+](C)c3ccccc23)cc1.COS(=O)(=O)[O-]. The van der Waals surface area contributed by atoms with Crippen LogP contribution in [0, 0.1) is 0 Å². The largest absolute Gasteiger partial charge is 0.726 e. The Balaban J connectivity index is 0.000000469. The van der Waals surface area contributed by atoms with Crippen LogP contribution in [-0.2, 0) is 21.6 Å². The third-order valence-corrected chi connectivity index (χ3v) is 5.11. The molecular weight excluding hydrogens is 420 g/mol. The molecule has 0 atom stereocenters. The molecule has 0 fully saturated rings. The first-order valence-corrected chi connectivity index (χ1v) is 11.2. The quantitative estimate of drug-likeness (QED) is 0.272. The van der Waals surface area contributed by atoms with E-state index < -0.39 is 10.4 Å². The second-order valence-electron chi connectivity index (χ2n) is 6.54. The smallest absolute Gasteiger partial charge is 0.217 e. The molecule has 0 bridgehead atoms. The van der Waals surface area contributed by atoms with Gasteiger partial charge in [0.25, 0.3) is 0 Å². The zero-order valence-electron chi connectivity index (χ0n) is 17.2. The minimum absolute atomic E-state index is 0.808. The average Bonchev–Trinajstić information content (AvgIpc) is 2.74. The van der Waals surface area contributed by atoms with Crippen LogP contribution < -0.4 is 9.47 Å². The minimum Gasteiger partial charge on any atom is -0.726 e. The van der Waals surface area contributed by atoms with Crippen LogP contribution in [0.3, 0.4) is 0 Å². The first-order chi connectivity index (χ1) is 14.2. The number of pyridine rings is 1. The van der Waals surface area contributed by atoms with Gasteiger partial charge in [-0.25, -0.2) is 13.0 Å². The van der Waals surface area contributed by atoms with Gasteiger partial charge < -0.3 is 9.45 Å². The van der Waals surface area contributed by atoms with E-state index in [4.69, 9.17) is 0 Å². The number of rotatable bonds is 6. The second-order valence-corrected chi connectivity index (χ2v) is 8.14. The molecule has 6 nitrogen and oxygen atoms in total. The molecule has 0 unspecified atom stereocenters. The Labute approximate surface area is 183 Å². The molecule has 0 amide bonds. The Morgan fingerprint density at radius 1 is 1.10 bits per heavy atom. The van der Waals surface area contributed by atoms with Crippen LogP contribution >= 0.6 is 12.6 Å². The number of anilines is 1. The molecule has 3 rings (SSSR count). The van der Waals surface area contributed by atoms with Crippen molar-refractivity contribution in [1.29, 1.82) is 0 Å². The van der Waals surface area contributed by atoms with Gasteiger partial charge in [0.05, 0.1) is 12.5 Å². The van der Waals surface area contributed by atoms with Crippen molar-refractivity contribution in [3.8, 4) is 0 Å². The summed E-state index contributed by atoms with van der Waals surface area (Å²) in [5, 5.41) is 1.27. The first-order valence-electron chi connectivity index (χ1n) is 9.24. The van der Waals surface area contributed by atoms with Gasteiger partial charge in [-0.1, -0.05) is 36.4 Å². The summed E-state index contributed by atoms with van der Waals surface area (Å²) in [6.45, 7) is 0.950. The summed E-state index contributed by atoms with van der Waals surface area (Å²) >= 11 is 4.29. The van der Waals surface area contributed by atoms with Gasteiger partial charge in [-0.15, -0.1) is 0 Å². The Morgan fingerprint density at radius 2 is 1.73 bits per heavy atom. The van der Waals surface area contributed by atoms with Gasteiger partial charge in [0.2, 0.25) is 15.9 Å². The predicted molar refractivity (Wildman–Crippen MR) is 124 cm³/mol. The molecule has 1 aromatic heterocycles. The number of aromatic nitrogens is 1. The number of benzene rings is 2. The van der Waals surface area contributed by atoms with Crippen molar-refractivity contribution in [2.24, 2.45) is 7.05 Å². The molecule has 0 aliphatic heterocycles. The van der Waals surface area contributed by atoms with E-state index in [-0.39, 0.29) is 0 Å². The molecule has 0 spiro atoms. The number of fused-ring (bicyclic) bond motifs is 1. The second kappa shape index (κ2) is 11.1. The fourth-order valence-electron chi connectivity index (χ4n) is 2.84. The zero-order chi connectivity index (χ0) is 22.1. The highest BCUT2D eigenvalue weighted by Gasteiger charge is 2.06. The minimum atomic E-state index is -4.41. The molecule has 0 saturated heterocycles.